The number of aromatic nitrogens is 1. The highest BCUT2D eigenvalue weighted by Gasteiger charge is 2.47. The van der Waals surface area contributed by atoms with Gasteiger partial charge in [-0.15, -0.1) is 0 Å². The van der Waals surface area contributed by atoms with Crippen LogP contribution in [0.4, 0.5) is 4.39 Å². The van der Waals surface area contributed by atoms with Crippen LogP contribution >= 0.6 is 0 Å². The van der Waals surface area contributed by atoms with Crippen molar-refractivity contribution in [2.45, 2.75) is 40.7 Å². The highest BCUT2D eigenvalue weighted by molar-refractivity contribution is 6.46. The number of nitrogens with one attached hydrogen (secondary N) is 1. The number of esters is 1. The van der Waals surface area contributed by atoms with Crippen molar-refractivity contribution in [3.05, 3.63) is 63.7 Å². The van der Waals surface area contributed by atoms with Crippen LogP contribution in [0, 0.1) is 19.7 Å². The normalized spacial score (nSPS) is 17.5. The van der Waals surface area contributed by atoms with E-state index >= 15 is 0 Å². The summed E-state index contributed by atoms with van der Waals surface area (Å²) in [6.07, 6.45) is 0. The van der Waals surface area contributed by atoms with Gasteiger partial charge < -0.3 is 24.6 Å². The largest absolute Gasteiger partial charge is 0.507 e. The Morgan fingerprint density at radius 1 is 1.17 bits per heavy atom. The Labute approximate surface area is 204 Å². The molecule has 1 amide bonds. The van der Waals surface area contributed by atoms with Gasteiger partial charge in [-0.25, -0.2) is 9.18 Å². The molecule has 1 saturated heterocycles. The van der Waals surface area contributed by atoms with Crippen LogP contribution in [0.1, 0.15) is 59.7 Å². The first-order valence-electron chi connectivity index (χ1n) is 11.8. The fourth-order valence-corrected chi connectivity index (χ4v) is 4.57. The SMILES string of the molecule is CCOC(=O)c1[nH]c(C)c(C(O)=C2C(=O)C(=O)N(CCN(CC)CC)C2c2ccccc2F)c1C. The van der Waals surface area contributed by atoms with Crippen molar-refractivity contribution in [1.29, 1.82) is 0 Å². The van der Waals surface area contributed by atoms with E-state index in [0.29, 0.717) is 17.8 Å². The molecule has 8 nitrogen and oxygen atoms in total. The predicted octanol–water partition coefficient (Wildman–Crippen LogP) is 3.71. The molecule has 1 unspecified atom stereocenters. The maximum atomic E-state index is 15.0. The zero-order chi connectivity index (χ0) is 25.9. The number of aliphatic hydroxyl groups is 1. The summed E-state index contributed by atoms with van der Waals surface area (Å²) in [5, 5.41) is 11.4. The molecule has 0 bridgehead atoms. The summed E-state index contributed by atoms with van der Waals surface area (Å²) in [6.45, 7) is 11.3. The molecular formula is C26H32FN3O5. The number of likely N-dealkylation sites (N-methyl/N-ethyl adjacent to an activating group) is 1. The highest BCUT2D eigenvalue weighted by atomic mass is 19.1. The van der Waals surface area contributed by atoms with E-state index in [1.807, 2.05) is 13.8 Å². The molecule has 0 spiro atoms. The number of hydrogen-bond donors (Lipinski definition) is 2. The van der Waals surface area contributed by atoms with Crippen molar-refractivity contribution in [1.82, 2.24) is 14.8 Å². The van der Waals surface area contributed by atoms with Gasteiger partial charge in [-0.3, -0.25) is 9.59 Å². The summed E-state index contributed by atoms with van der Waals surface area (Å²) in [7, 11) is 0. The van der Waals surface area contributed by atoms with Crippen LogP contribution in [-0.4, -0.2) is 70.3 Å². The molecule has 1 aliphatic heterocycles. The van der Waals surface area contributed by atoms with Crippen LogP contribution < -0.4 is 0 Å². The number of ether oxygens (including phenoxy) is 1. The molecule has 2 N–H and O–H groups in total. The van der Waals surface area contributed by atoms with E-state index in [1.54, 1.807) is 26.8 Å². The number of ketones is 1. The predicted molar refractivity (Wildman–Crippen MR) is 129 cm³/mol. The van der Waals surface area contributed by atoms with Crippen LogP contribution in [0.3, 0.4) is 0 Å². The Balaban J connectivity index is 2.18. The quantitative estimate of drug-likeness (QED) is 0.243. The first-order chi connectivity index (χ1) is 16.7. The van der Waals surface area contributed by atoms with Gasteiger partial charge in [-0.05, 0) is 45.5 Å². The lowest BCUT2D eigenvalue weighted by molar-refractivity contribution is -0.140. The molecule has 188 valence electrons. The Morgan fingerprint density at radius 3 is 2.43 bits per heavy atom. The summed E-state index contributed by atoms with van der Waals surface area (Å²) in [5.74, 6) is -3.34. The third-order valence-electron chi connectivity index (χ3n) is 6.45. The van der Waals surface area contributed by atoms with Crippen LogP contribution in [-0.2, 0) is 14.3 Å². The molecule has 1 atom stereocenters. The Bertz CT molecular complexity index is 1170. The number of aromatic amines is 1. The van der Waals surface area contributed by atoms with E-state index in [1.165, 1.54) is 23.1 Å². The minimum absolute atomic E-state index is 0.115. The number of amides is 1. The van der Waals surface area contributed by atoms with E-state index < -0.39 is 35.3 Å². The number of halogens is 1. The zero-order valence-corrected chi connectivity index (χ0v) is 20.8. The van der Waals surface area contributed by atoms with Gasteiger partial charge in [-0.1, -0.05) is 32.0 Å². The summed E-state index contributed by atoms with van der Waals surface area (Å²) in [4.78, 5) is 45.0. The van der Waals surface area contributed by atoms with E-state index in [2.05, 4.69) is 9.88 Å². The summed E-state index contributed by atoms with van der Waals surface area (Å²) in [5.41, 5.74) is 1.06. The van der Waals surface area contributed by atoms with Gasteiger partial charge >= 0.3 is 5.97 Å². The number of Topliss-reactive ketones (excluding diaryl/α,β-unsaturated/α-hetero) is 1. The molecular weight excluding hydrogens is 453 g/mol. The number of rotatable bonds is 9. The summed E-state index contributed by atoms with van der Waals surface area (Å²) >= 11 is 0. The van der Waals surface area contributed by atoms with Crippen molar-refractivity contribution in [2.24, 2.45) is 0 Å². The number of benzene rings is 1. The monoisotopic (exact) mass is 485 g/mol. The molecule has 35 heavy (non-hydrogen) atoms. The average Bonchev–Trinajstić information content (AvgIpc) is 3.27. The van der Waals surface area contributed by atoms with Crippen LogP contribution in [0.5, 0.6) is 0 Å². The van der Waals surface area contributed by atoms with Gasteiger partial charge in [0, 0.05) is 29.9 Å². The van der Waals surface area contributed by atoms with Gasteiger partial charge in [0.2, 0.25) is 0 Å². The van der Waals surface area contributed by atoms with Gasteiger partial charge in [-0.2, -0.15) is 0 Å². The van der Waals surface area contributed by atoms with E-state index in [0.717, 1.165) is 13.1 Å². The van der Waals surface area contributed by atoms with Crippen LogP contribution in [0.2, 0.25) is 0 Å². The third-order valence-corrected chi connectivity index (χ3v) is 6.45. The summed E-state index contributed by atoms with van der Waals surface area (Å²) < 4.78 is 20.0. The van der Waals surface area contributed by atoms with E-state index in [9.17, 15) is 23.9 Å². The molecule has 1 aromatic heterocycles. The van der Waals surface area contributed by atoms with Crippen molar-refractivity contribution < 1.29 is 28.6 Å². The maximum absolute atomic E-state index is 15.0. The van der Waals surface area contributed by atoms with E-state index in [4.69, 9.17) is 4.74 Å². The number of hydrogen-bond acceptors (Lipinski definition) is 6. The third kappa shape index (κ3) is 4.86. The minimum Gasteiger partial charge on any atom is -0.507 e. The first kappa shape index (κ1) is 26.2. The second-order valence-electron chi connectivity index (χ2n) is 8.39. The molecule has 3 rings (SSSR count). The standard InChI is InChI=1S/C26H32FN3O5/c1-6-29(7-2)13-14-30-22(17-11-9-10-12-18(17)27)20(24(32)25(30)33)23(31)19-15(4)21(28-16(19)5)26(34)35-8-3/h9-12,22,28,31H,6-8,13-14H2,1-5H3. The number of likely N-dealkylation sites (tertiary alicyclic amines) is 1. The highest BCUT2D eigenvalue weighted by Crippen LogP contribution is 2.41. The van der Waals surface area contributed by atoms with Gasteiger partial charge in [0.15, 0.2) is 0 Å². The van der Waals surface area contributed by atoms with Crippen molar-refractivity contribution in [3.8, 4) is 0 Å². The lowest BCUT2D eigenvalue weighted by Crippen LogP contribution is -2.38. The zero-order valence-electron chi connectivity index (χ0n) is 20.8. The lowest BCUT2D eigenvalue weighted by Gasteiger charge is -2.28. The number of aliphatic hydroxyl groups excluding tert-OH is 1. The number of aryl methyl sites for hydroxylation is 1. The smallest absolute Gasteiger partial charge is 0.355 e. The van der Waals surface area contributed by atoms with Crippen LogP contribution in [0.25, 0.3) is 5.76 Å². The fourth-order valence-electron chi connectivity index (χ4n) is 4.57. The topological polar surface area (TPSA) is 103 Å². The minimum atomic E-state index is -1.11. The van der Waals surface area contributed by atoms with Gasteiger partial charge in [0.25, 0.3) is 11.7 Å². The molecule has 0 saturated carbocycles. The van der Waals surface area contributed by atoms with Gasteiger partial charge in [0.05, 0.1) is 18.2 Å². The molecule has 0 aliphatic carbocycles. The second kappa shape index (κ2) is 10.9. The fraction of sp³-hybridized carbons (Fsp3) is 0.423. The van der Waals surface area contributed by atoms with E-state index in [-0.39, 0.29) is 35.5 Å². The lowest BCUT2D eigenvalue weighted by atomic mass is 9.93. The average molecular weight is 486 g/mol. The van der Waals surface area contributed by atoms with Crippen LogP contribution in [0.15, 0.2) is 29.8 Å². The van der Waals surface area contributed by atoms with Crippen molar-refractivity contribution in [2.75, 3.05) is 32.8 Å². The molecule has 2 heterocycles. The number of carbonyl (C=O) groups is 3. The summed E-state index contributed by atoms with van der Waals surface area (Å²) in [6, 6.07) is 4.80. The first-order valence-corrected chi connectivity index (χ1v) is 11.8. The molecule has 1 aliphatic rings. The number of H-pyrrole nitrogens is 1. The Morgan fingerprint density at radius 2 is 1.83 bits per heavy atom. The maximum Gasteiger partial charge on any atom is 0.355 e. The Hall–Kier alpha value is -3.46. The molecule has 9 heteroatoms. The molecule has 1 aromatic carbocycles. The Kier molecular flexibility index (Phi) is 8.11. The molecule has 1 fully saturated rings. The second-order valence-corrected chi connectivity index (χ2v) is 8.39. The molecule has 2 aromatic rings. The van der Waals surface area contributed by atoms with Gasteiger partial charge in [0.1, 0.15) is 17.3 Å². The number of nitrogens with zero attached hydrogens (tertiary/aromatic N) is 2. The van der Waals surface area contributed by atoms with Crippen molar-refractivity contribution >= 4 is 23.4 Å². The number of carbonyl (C=O) groups excluding carboxylic acids is 3. The van der Waals surface area contributed by atoms with Crippen molar-refractivity contribution in [3.63, 3.8) is 0 Å². The molecule has 0 radical (unpaired) electrons.